The van der Waals surface area contributed by atoms with Gasteiger partial charge >= 0.3 is 11.7 Å². The number of amides is 2. The van der Waals surface area contributed by atoms with Gasteiger partial charge in [0.25, 0.3) is 0 Å². The van der Waals surface area contributed by atoms with E-state index in [0.717, 1.165) is 5.52 Å². The fourth-order valence-corrected chi connectivity index (χ4v) is 3.61. The van der Waals surface area contributed by atoms with Gasteiger partial charge in [0.05, 0.1) is 16.6 Å². The molecule has 0 saturated carbocycles. The van der Waals surface area contributed by atoms with Gasteiger partial charge in [0, 0.05) is 32.0 Å². The van der Waals surface area contributed by atoms with Crippen LogP contribution in [0.4, 0.5) is 14.9 Å². The Morgan fingerprint density at radius 3 is 2.96 bits per heavy atom. The van der Waals surface area contributed by atoms with Gasteiger partial charge in [-0.3, -0.25) is 9.13 Å². The van der Waals surface area contributed by atoms with Crippen LogP contribution in [0, 0.1) is 5.82 Å². The predicted octanol–water partition coefficient (Wildman–Crippen LogP) is 3.01. The van der Waals surface area contributed by atoms with Gasteiger partial charge in [-0.1, -0.05) is 11.6 Å². The van der Waals surface area contributed by atoms with E-state index < -0.39 is 5.82 Å². The number of nitrogens with one attached hydrogen (secondary N) is 1. The van der Waals surface area contributed by atoms with E-state index >= 15 is 0 Å². The summed E-state index contributed by atoms with van der Waals surface area (Å²) in [7, 11) is 1.71. The summed E-state index contributed by atoms with van der Waals surface area (Å²) in [5, 5.41) is 2.65. The van der Waals surface area contributed by atoms with Gasteiger partial charge in [-0.2, -0.15) is 0 Å². The number of rotatable bonds is 2. The molecule has 4 rings (SSSR count). The molecule has 1 aliphatic rings. The minimum atomic E-state index is -0.543. The number of aryl methyl sites for hydroxylation is 1. The van der Waals surface area contributed by atoms with E-state index in [9.17, 15) is 14.0 Å². The number of nitrogens with zero attached hydrogens (tertiary/aromatic N) is 4. The topological polar surface area (TPSA) is 72.2 Å². The van der Waals surface area contributed by atoms with Crippen LogP contribution in [-0.2, 0) is 7.05 Å². The first-order valence-corrected chi connectivity index (χ1v) is 8.86. The van der Waals surface area contributed by atoms with Crippen LogP contribution in [0.1, 0.15) is 12.5 Å². The number of anilines is 1. The standard InChI is InChI=1S/C18H17ClFN5O2/c1-23-15-3-2-7-21-16(15)25(18(23)27)12-6-8-24(10-12)17(26)22-11-4-5-14(20)13(19)9-11/h2-5,7,9,12H,6,8,10H2,1H3,(H,22,26)/t12-/m1/s1. The van der Waals surface area contributed by atoms with Gasteiger partial charge in [0.2, 0.25) is 0 Å². The molecule has 0 radical (unpaired) electrons. The highest BCUT2D eigenvalue weighted by Gasteiger charge is 2.30. The van der Waals surface area contributed by atoms with Crippen LogP contribution in [0.15, 0.2) is 41.3 Å². The third-order valence-electron chi connectivity index (χ3n) is 4.84. The van der Waals surface area contributed by atoms with Gasteiger partial charge in [-0.15, -0.1) is 0 Å². The van der Waals surface area contributed by atoms with E-state index in [-0.39, 0.29) is 22.8 Å². The second-order valence-corrected chi connectivity index (χ2v) is 6.91. The number of likely N-dealkylation sites (tertiary alicyclic amines) is 1. The minimum absolute atomic E-state index is 0.0551. The normalized spacial score (nSPS) is 16.9. The van der Waals surface area contributed by atoms with Gasteiger partial charge in [-0.25, -0.2) is 19.0 Å². The molecule has 3 aromatic rings. The lowest BCUT2D eigenvalue weighted by atomic mass is 10.2. The minimum Gasteiger partial charge on any atom is -0.322 e. The number of carbonyl (C=O) groups excluding carboxylic acids is 1. The van der Waals surface area contributed by atoms with Crippen molar-refractivity contribution in [2.24, 2.45) is 7.05 Å². The summed E-state index contributed by atoms with van der Waals surface area (Å²) in [5.74, 6) is -0.543. The molecule has 140 valence electrons. The molecule has 1 atom stereocenters. The summed E-state index contributed by atoms with van der Waals surface area (Å²) < 4.78 is 16.5. The van der Waals surface area contributed by atoms with Crippen molar-refractivity contribution in [2.45, 2.75) is 12.5 Å². The SMILES string of the molecule is Cn1c(=O)n([C@@H]2CCN(C(=O)Nc3ccc(F)c(Cl)c3)C2)c2ncccc21. The maximum atomic E-state index is 13.2. The Labute approximate surface area is 159 Å². The number of imidazole rings is 1. The fourth-order valence-electron chi connectivity index (χ4n) is 3.43. The van der Waals surface area contributed by atoms with Crippen LogP contribution in [-0.4, -0.2) is 38.1 Å². The molecule has 1 saturated heterocycles. The van der Waals surface area contributed by atoms with E-state index in [4.69, 9.17) is 11.6 Å². The summed E-state index contributed by atoms with van der Waals surface area (Å²) in [5.41, 5.74) is 1.63. The third-order valence-corrected chi connectivity index (χ3v) is 5.12. The maximum Gasteiger partial charge on any atom is 0.330 e. The molecule has 0 unspecified atom stereocenters. The van der Waals surface area contributed by atoms with Crippen LogP contribution in [0.3, 0.4) is 0 Å². The molecule has 1 N–H and O–H groups in total. The van der Waals surface area contributed by atoms with Crippen molar-refractivity contribution in [2.75, 3.05) is 18.4 Å². The Kier molecular flexibility index (Phi) is 4.35. The Hall–Kier alpha value is -2.87. The van der Waals surface area contributed by atoms with Crippen LogP contribution >= 0.6 is 11.6 Å². The van der Waals surface area contributed by atoms with Gasteiger partial charge in [0.1, 0.15) is 5.82 Å². The average molecular weight is 390 g/mol. The second-order valence-electron chi connectivity index (χ2n) is 6.51. The number of halogens is 2. The smallest absolute Gasteiger partial charge is 0.322 e. The molecule has 7 nitrogen and oxygen atoms in total. The molecule has 0 spiro atoms. The summed E-state index contributed by atoms with van der Waals surface area (Å²) in [6.07, 6.45) is 2.29. The number of urea groups is 1. The van der Waals surface area contributed by atoms with Crippen LogP contribution in [0.2, 0.25) is 5.02 Å². The molecule has 0 aliphatic carbocycles. The monoisotopic (exact) mass is 389 g/mol. The van der Waals surface area contributed by atoms with Gasteiger partial charge < -0.3 is 10.2 Å². The zero-order chi connectivity index (χ0) is 19.1. The Bertz CT molecular complexity index is 1090. The zero-order valence-electron chi connectivity index (χ0n) is 14.5. The van der Waals surface area contributed by atoms with Crippen molar-refractivity contribution in [3.8, 4) is 0 Å². The Morgan fingerprint density at radius 1 is 1.37 bits per heavy atom. The van der Waals surface area contributed by atoms with E-state index in [1.807, 2.05) is 6.07 Å². The molecule has 3 heterocycles. The first-order chi connectivity index (χ1) is 13.0. The number of hydrogen-bond donors (Lipinski definition) is 1. The molecule has 1 fully saturated rings. The Morgan fingerprint density at radius 2 is 2.19 bits per heavy atom. The molecule has 1 aromatic carbocycles. The summed E-state index contributed by atoms with van der Waals surface area (Å²) >= 11 is 5.75. The van der Waals surface area contributed by atoms with Crippen LogP contribution in [0.25, 0.3) is 11.2 Å². The highest BCUT2D eigenvalue weighted by Crippen LogP contribution is 2.25. The molecule has 27 heavy (non-hydrogen) atoms. The lowest BCUT2D eigenvalue weighted by molar-refractivity contribution is 0.221. The third kappa shape index (κ3) is 3.06. The number of hydrogen-bond acceptors (Lipinski definition) is 3. The quantitative estimate of drug-likeness (QED) is 0.732. The summed E-state index contributed by atoms with van der Waals surface area (Å²) in [6.45, 7) is 0.886. The van der Waals surface area contributed by atoms with E-state index in [2.05, 4.69) is 10.3 Å². The molecular weight excluding hydrogens is 373 g/mol. The lowest BCUT2D eigenvalue weighted by Crippen LogP contribution is -2.34. The van der Waals surface area contributed by atoms with Crippen molar-refractivity contribution in [1.29, 1.82) is 0 Å². The van der Waals surface area contributed by atoms with Gasteiger partial charge in [-0.05, 0) is 36.8 Å². The maximum absolute atomic E-state index is 13.2. The van der Waals surface area contributed by atoms with Gasteiger partial charge in [0.15, 0.2) is 5.65 Å². The number of fused-ring (bicyclic) bond motifs is 1. The number of carbonyl (C=O) groups is 1. The molecule has 1 aliphatic heterocycles. The number of benzene rings is 1. The van der Waals surface area contributed by atoms with Crippen molar-refractivity contribution in [1.82, 2.24) is 19.0 Å². The van der Waals surface area contributed by atoms with Crippen molar-refractivity contribution >= 4 is 34.5 Å². The van der Waals surface area contributed by atoms with Crippen LogP contribution < -0.4 is 11.0 Å². The lowest BCUT2D eigenvalue weighted by Gasteiger charge is -2.18. The summed E-state index contributed by atoms with van der Waals surface area (Å²) in [6, 6.07) is 7.17. The van der Waals surface area contributed by atoms with Crippen molar-refractivity contribution < 1.29 is 9.18 Å². The Balaban J connectivity index is 1.54. The molecule has 2 amide bonds. The number of aromatic nitrogens is 3. The van der Waals surface area contributed by atoms with E-state index in [0.29, 0.717) is 30.8 Å². The highest BCUT2D eigenvalue weighted by molar-refractivity contribution is 6.31. The first kappa shape index (κ1) is 17.5. The molecule has 0 bridgehead atoms. The van der Waals surface area contributed by atoms with Crippen LogP contribution in [0.5, 0.6) is 0 Å². The summed E-state index contributed by atoms with van der Waals surface area (Å²) in [4.78, 5) is 31.1. The number of pyridine rings is 1. The van der Waals surface area contributed by atoms with Crippen molar-refractivity contribution in [3.63, 3.8) is 0 Å². The zero-order valence-corrected chi connectivity index (χ0v) is 15.3. The molecule has 9 heteroatoms. The fraction of sp³-hybridized carbons (Fsp3) is 0.278. The van der Waals surface area contributed by atoms with E-state index in [1.54, 1.807) is 33.3 Å². The van der Waals surface area contributed by atoms with Crippen molar-refractivity contribution in [3.05, 3.63) is 57.9 Å². The first-order valence-electron chi connectivity index (χ1n) is 8.48. The highest BCUT2D eigenvalue weighted by atomic mass is 35.5. The largest absolute Gasteiger partial charge is 0.330 e. The molecule has 2 aromatic heterocycles. The van der Waals surface area contributed by atoms with E-state index in [1.165, 1.54) is 18.2 Å². The predicted molar refractivity (Wildman–Crippen MR) is 101 cm³/mol. The second kappa shape index (κ2) is 6.70. The molecular formula is C18H17ClFN5O2. The average Bonchev–Trinajstić information content (AvgIpc) is 3.23.